The molecule has 0 aliphatic rings. The number of carboxylic acids is 1. The lowest BCUT2D eigenvalue weighted by Crippen LogP contribution is -2.41. The highest BCUT2D eigenvalue weighted by atomic mass is 32.2. The number of carbonyl (C=O) groups excluding carboxylic acids is 1. The van der Waals surface area contributed by atoms with Gasteiger partial charge in [-0.05, 0) is 24.6 Å². The van der Waals surface area contributed by atoms with E-state index in [9.17, 15) is 18.0 Å². The molecule has 1 atom stereocenters. The number of benzene rings is 1. The van der Waals surface area contributed by atoms with E-state index in [0.29, 0.717) is 12.8 Å². The van der Waals surface area contributed by atoms with Crippen molar-refractivity contribution in [3.8, 4) is 5.75 Å². The largest absolute Gasteiger partial charge is 0.495 e. The van der Waals surface area contributed by atoms with Gasteiger partial charge in [-0.15, -0.1) is 0 Å². The average molecular weight is 387 g/mol. The molecule has 0 fully saturated rings. The van der Waals surface area contributed by atoms with Crippen molar-refractivity contribution in [3.63, 3.8) is 0 Å². The van der Waals surface area contributed by atoms with E-state index in [4.69, 9.17) is 9.84 Å². The Morgan fingerprint density at radius 3 is 2.46 bits per heavy atom. The van der Waals surface area contributed by atoms with Crippen LogP contribution in [0.5, 0.6) is 5.75 Å². The maximum Gasteiger partial charge on any atom is 0.320 e. The second-order valence-corrected chi connectivity index (χ2v) is 7.88. The lowest BCUT2D eigenvalue weighted by molar-refractivity contribution is -0.139. The summed E-state index contributed by atoms with van der Waals surface area (Å²) in [4.78, 5) is 23.0. The van der Waals surface area contributed by atoms with Crippen LogP contribution in [0.15, 0.2) is 23.1 Å². The Kier molecular flexibility index (Phi) is 8.00. The van der Waals surface area contributed by atoms with E-state index >= 15 is 0 Å². The Hall–Kier alpha value is -2.17. The standard InChI is InChI=1S/C16H25N3O6S/c1-5-6-12(16(21)22)17-10-15(20)18-11-7-8-13(25-4)14(9-11)26(23,24)19(2)3/h7-9,12,17H,5-6,10H2,1-4H3,(H,18,20)(H,21,22). The van der Waals surface area contributed by atoms with Crippen LogP contribution in [0.2, 0.25) is 0 Å². The molecule has 0 saturated carbocycles. The summed E-state index contributed by atoms with van der Waals surface area (Å²) in [5.41, 5.74) is 0.264. The zero-order chi connectivity index (χ0) is 19.9. The quantitative estimate of drug-likeness (QED) is 0.540. The third-order valence-electron chi connectivity index (χ3n) is 3.59. The first-order chi connectivity index (χ1) is 12.1. The fourth-order valence-electron chi connectivity index (χ4n) is 2.18. The van der Waals surface area contributed by atoms with Crippen molar-refractivity contribution in [2.75, 3.05) is 33.1 Å². The number of ether oxygens (including phenoxy) is 1. The summed E-state index contributed by atoms with van der Waals surface area (Å²) in [6, 6.07) is 3.43. The fraction of sp³-hybridized carbons (Fsp3) is 0.500. The minimum atomic E-state index is -3.76. The number of carboxylic acid groups (broad SMARTS) is 1. The van der Waals surface area contributed by atoms with Gasteiger partial charge < -0.3 is 15.2 Å². The number of hydrogen-bond donors (Lipinski definition) is 3. The Bertz CT molecular complexity index is 748. The summed E-state index contributed by atoms with van der Waals surface area (Å²) < 4.78 is 30.9. The number of nitrogens with one attached hydrogen (secondary N) is 2. The van der Waals surface area contributed by atoms with Gasteiger partial charge in [0.1, 0.15) is 16.7 Å². The van der Waals surface area contributed by atoms with Crippen molar-refractivity contribution < 1.29 is 27.9 Å². The zero-order valence-electron chi connectivity index (χ0n) is 15.3. The van der Waals surface area contributed by atoms with E-state index < -0.39 is 27.9 Å². The molecule has 3 N–H and O–H groups in total. The normalized spacial score (nSPS) is 12.7. The number of carbonyl (C=O) groups is 2. The van der Waals surface area contributed by atoms with Gasteiger partial charge >= 0.3 is 5.97 Å². The molecular weight excluding hydrogens is 362 g/mol. The predicted octanol–water partition coefficient (Wildman–Crippen LogP) is 0.727. The molecule has 0 radical (unpaired) electrons. The molecule has 0 spiro atoms. The van der Waals surface area contributed by atoms with Crippen LogP contribution in [-0.2, 0) is 19.6 Å². The predicted molar refractivity (Wildman–Crippen MR) is 96.8 cm³/mol. The first-order valence-electron chi connectivity index (χ1n) is 8.00. The summed E-state index contributed by atoms with van der Waals surface area (Å²) >= 11 is 0. The maximum absolute atomic E-state index is 12.4. The Morgan fingerprint density at radius 1 is 1.31 bits per heavy atom. The highest BCUT2D eigenvalue weighted by Gasteiger charge is 2.23. The summed E-state index contributed by atoms with van der Waals surface area (Å²) in [6.45, 7) is 1.64. The van der Waals surface area contributed by atoms with Crippen molar-refractivity contribution in [2.24, 2.45) is 0 Å². The summed E-state index contributed by atoms with van der Waals surface area (Å²) in [6.07, 6.45) is 1.06. The molecule has 0 heterocycles. The molecule has 1 aromatic carbocycles. The molecule has 0 aromatic heterocycles. The van der Waals surface area contributed by atoms with Crippen LogP contribution in [0.1, 0.15) is 19.8 Å². The van der Waals surface area contributed by atoms with Crippen LogP contribution in [0.25, 0.3) is 0 Å². The molecule has 1 aromatic rings. The lowest BCUT2D eigenvalue weighted by atomic mass is 10.2. The second-order valence-electron chi connectivity index (χ2n) is 5.76. The van der Waals surface area contributed by atoms with Gasteiger partial charge in [-0.3, -0.25) is 14.9 Å². The van der Waals surface area contributed by atoms with Gasteiger partial charge in [-0.1, -0.05) is 13.3 Å². The smallest absolute Gasteiger partial charge is 0.320 e. The molecule has 1 unspecified atom stereocenters. The third kappa shape index (κ3) is 5.68. The van der Waals surface area contributed by atoms with Crippen LogP contribution in [-0.4, -0.2) is 63.5 Å². The van der Waals surface area contributed by atoms with Crippen molar-refractivity contribution in [2.45, 2.75) is 30.7 Å². The molecular formula is C16H25N3O6S. The average Bonchev–Trinajstić information content (AvgIpc) is 2.58. The van der Waals surface area contributed by atoms with Gasteiger partial charge in [-0.2, -0.15) is 0 Å². The number of amides is 1. The molecule has 0 saturated heterocycles. The van der Waals surface area contributed by atoms with E-state index in [-0.39, 0.29) is 22.9 Å². The van der Waals surface area contributed by atoms with Crippen LogP contribution in [0.3, 0.4) is 0 Å². The van der Waals surface area contributed by atoms with E-state index in [0.717, 1.165) is 4.31 Å². The Morgan fingerprint density at radius 2 is 1.96 bits per heavy atom. The summed E-state index contributed by atoms with van der Waals surface area (Å²) in [5.74, 6) is -1.35. The number of aliphatic carboxylic acids is 1. The van der Waals surface area contributed by atoms with E-state index in [2.05, 4.69) is 10.6 Å². The molecule has 9 nitrogen and oxygen atoms in total. The Balaban J connectivity index is 2.91. The highest BCUT2D eigenvalue weighted by Crippen LogP contribution is 2.28. The first-order valence-corrected chi connectivity index (χ1v) is 9.44. The summed E-state index contributed by atoms with van der Waals surface area (Å²) in [7, 11) is 0.380. The van der Waals surface area contributed by atoms with E-state index in [1.165, 1.54) is 39.4 Å². The number of nitrogens with zero attached hydrogens (tertiary/aromatic N) is 1. The number of hydrogen-bond acceptors (Lipinski definition) is 6. The fourth-order valence-corrected chi connectivity index (χ4v) is 3.25. The van der Waals surface area contributed by atoms with Gasteiger partial charge in [0.25, 0.3) is 0 Å². The van der Waals surface area contributed by atoms with Crippen LogP contribution < -0.4 is 15.4 Å². The molecule has 1 amide bonds. The van der Waals surface area contributed by atoms with Crippen molar-refractivity contribution >= 4 is 27.6 Å². The summed E-state index contributed by atoms with van der Waals surface area (Å²) in [5, 5.41) is 14.3. The first kappa shape index (κ1) is 21.9. The van der Waals surface area contributed by atoms with Crippen molar-refractivity contribution in [1.29, 1.82) is 0 Å². The van der Waals surface area contributed by atoms with Gasteiger partial charge in [0.2, 0.25) is 15.9 Å². The second kappa shape index (κ2) is 9.51. The zero-order valence-corrected chi connectivity index (χ0v) is 16.1. The van der Waals surface area contributed by atoms with Gasteiger partial charge in [0.05, 0.1) is 13.7 Å². The van der Waals surface area contributed by atoms with Gasteiger partial charge in [-0.25, -0.2) is 12.7 Å². The maximum atomic E-state index is 12.4. The topological polar surface area (TPSA) is 125 Å². The van der Waals surface area contributed by atoms with Crippen LogP contribution in [0, 0.1) is 0 Å². The Labute approximate surface area is 153 Å². The molecule has 10 heteroatoms. The SMILES string of the molecule is CCCC(NCC(=O)Nc1ccc(OC)c(S(=O)(=O)N(C)C)c1)C(=O)O. The minimum Gasteiger partial charge on any atom is -0.495 e. The molecule has 26 heavy (non-hydrogen) atoms. The molecule has 146 valence electrons. The van der Waals surface area contributed by atoms with Crippen LogP contribution >= 0.6 is 0 Å². The number of rotatable bonds is 10. The third-order valence-corrected chi connectivity index (χ3v) is 5.43. The van der Waals surface area contributed by atoms with Crippen molar-refractivity contribution in [1.82, 2.24) is 9.62 Å². The van der Waals surface area contributed by atoms with E-state index in [1.807, 2.05) is 6.92 Å². The highest BCUT2D eigenvalue weighted by molar-refractivity contribution is 7.89. The molecule has 1 rings (SSSR count). The molecule has 0 aliphatic heterocycles. The molecule has 0 bridgehead atoms. The number of anilines is 1. The number of sulfonamides is 1. The van der Waals surface area contributed by atoms with Crippen LogP contribution in [0.4, 0.5) is 5.69 Å². The van der Waals surface area contributed by atoms with E-state index in [1.54, 1.807) is 0 Å². The number of methoxy groups -OCH3 is 1. The lowest BCUT2D eigenvalue weighted by Gasteiger charge is -2.16. The van der Waals surface area contributed by atoms with Gasteiger partial charge in [0, 0.05) is 19.8 Å². The van der Waals surface area contributed by atoms with Crippen molar-refractivity contribution in [3.05, 3.63) is 18.2 Å². The molecule has 0 aliphatic carbocycles. The monoisotopic (exact) mass is 387 g/mol. The van der Waals surface area contributed by atoms with Gasteiger partial charge in [0.15, 0.2) is 0 Å². The minimum absolute atomic E-state index is 0.0786.